The SMILES string of the molecule is COP(=S)(O[P+](c1ccccc1)(c1ccccc1)c1ccccc1)C(C)(C)C.COP([O-])(=S)C(C)(C)C. The molecule has 0 fully saturated rings. The maximum Gasteiger partial charge on any atom is 0.251 e. The Bertz CT molecular complexity index is 1110. The van der Waals surface area contributed by atoms with Crippen LogP contribution in [0, 0.1) is 0 Å². The van der Waals surface area contributed by atoms with Gasteiger partial charge in [-0.25, -0.2) is 0 Å². The van der Waals surface area contributed by atoms with Crippen LogP contribution in [0.2, 0.25) is 0 Å². The molecule has 0 aliphatic heterocycles. The molecule has 2 unspecified atom stereocenters. The number of rotatable bonds is 7. The van der Waals surface area contributed by atoms with Crippen molar-refractivity contribution in [1.29, 1.82) is 0 Å². The number of benzene rings is 3. The Kier molecular flexibility index (Phi) is 11.4. The van der Waals surface area contributed by atoms with Crippen LogP contribution in [-0.4, -0.2) is 24.5 Å². The summed E-state index contributed by atoms with van der Waals surface area (Å²) in [5, 5.41) is 2.73. The van der Waals surface area contributed by atoms with E-state index < -0.39 is 25.6 Å². The largest absolute Gasteiger partial charge is 0.800 e. The lowest BCUT2D eigenvalue weighted by atomic mass is 10.3. The van der Waals surface area contributed by atoms with E-state index in [4.69, 9.17) is 32.4 Å². The van der Waals surface area contributed by atoms with Crippen molar-refractivity contribution in [2.24, 2.45) is 0 Å². The van der Waals surface area contributed by atoms with Gasteiger partial charge in [-0.15, -0.1) is 0 Å². The molecule has 0 aliphatic carbocycles. The Morgan fingerprint density at radius 1 is 0.595 bits per heavy atom. The lowest BCUT2D eigenvalue weighted by Gasteiger charge is -2.38. The molecule has 0 saturated heterocycles. The highest BCUT2D eigenvalue weighted by Gasteiger charge is 2.54. The standard InChI is InChI=1S/C23H27O2P2S.C5H13O2PS/c1-23(2,3)27(28,24-4)25-26(20-14-8-5-9-15-20,21-16-10-6-11-17-21)22-18-12-7-13-19-22;1-5(2,3)8(6,9)7-4/h5-19H,1-4H3;1-4H3,(H,6,9)/q+1;/p-1. The van der Waals surface area contributed by atoms with Crippen LogP contribution in [0.4, 0.5) is 0 Å². The first kappa shape index (κ1) is 32.4. The van der Waals surface area contributed by atoms with Crippen LogP contribution < -0.4 is 20.8 Å². The van der Waals surface area contributed by atoms with Crippen LogP contribution in [-0.2, 0) is 37.0 Å². The molecule has 0 aliphatic rings. The second-order valence-electron chi connectivity index (χ2n) is 10.4. The first-order valence-corrected chi connectivity index (χ1v) is 18.9. The third-order valence-electron chi connectivity index (χ3n) is 5.71. The predicted molar refractivity (Wildman–Crippen MR) is 168 cm³/mol. The molecular formula is C28H39O4P3S2. The molecular weight excluding hydrogens is 557 g/mol. The van der Waals surface area contributed by atoms with Gasteiger partial charge in [0.1, 0.15) is 15.9 Å². The van der Waals surface area contributed by atoms with Crippen LogP contribution in [0.5, 0.6) is 0 Å². The average Bonchev–Trinajstić information content (AvgIpc) is 2.88. The highest BCUT2D eigenvalue weighted by Crippen LogP contribution is 2.73. The topological polar surface area (TPSA) is 50.8 Å². The molecule has 0 aromatic heterocycles. The molecule has 2 atom stereocenters. The van der Waals surface area contributed by atoms with Crippen molar-refractivity contribution in [3.8, 4) is 0 Å². The van der Waals surface area contributed by atoms with Gasteiger partial charge in [-0.05, 0) is 54.7 Å². The molecule has 3 aromatic carbocycles. The van der Waals surface area contributed by atoms with E-state index in [9.17, 15) is 4.89 Å². The Morgan fingerprint density at radius 2 is 0.919 bits per heavy atom. The van der Waals surface area contributed by atoms with Crippen molar-refractivity contribution in [2.45, 2.75) is 51.9 Å². The zero-order chi connectivity index (χ0) is 28.0. The fraction of sp³-hybridized carbons (Fsp3) is 0.357. The lowest BCUT2D eigenvalue weighted by molar-refractivity contribution is -0.185. The summed E-state index contributed by atoms with van der Waals surface area (Å²) < 4.78 is 17.7. The molecule has 37 heavy (non-hydrogen) atoms. The van der Waals surface area contributed by atoms with Gasteiger partial charge in [-0.1, -0.05) is 108 Å². The highest BCUT2D eigenvalue weighted by molar-refractivity contribution is 8.14. The van der Waals surface area contributed by atoms with Crippen LogP contribution in [0.25, 0.3) is 0 Å². The van der Waals surface area contributed by atoms with Crippen LogP contribution in [0.3, 0.4) is 0 Å². The molecule has 202 valence electrons. The second kappa shape index (κ2) is 13.1. The van der Waals surface area contributed by atoms with E-state index in [1.54, 1.807) is 7.11 Å². The van der Waals surface area contributed by atoms with Crippen molar-refractivity contribution in [1.82, 2.24) is 0 Å². The van der Waals surface area contributed by atoms with E-state index in [2.05, 4.69) is 98.1 Å². The smallest absolute Gasteiger partial charge is 0.251 e. The van der Waals surface area contributed by atoms with Crippen molar-refractivity contribution in [2.75, 3.05) is 14.2 Å². The Labute approximate surface area is 234 Å². The summed E-state index contributed by atoms with van der Waals surface area (Å²) in [6.45, 7) is 6.35. The molecule has 4 nitrogen and oxygen atoms in total. The summed E-state index contributed by atoms with van der Waals surface area (Å²) in [4.78, 5) is 11.2. The molecule has 0 saturated carbocycles. The summed E-state index contributed by atoms with van der Waals surface area (Å²) in [6, 6.07) is 31.3. The van der Waals surface area contributed by atoms with Crippen molar-refractivity contribution < 1.29 is 18.3 Å². The maximum absolute atomic E-state index is 11.2. The van der Waals surface area contributed by atoms with Gasteiger partial charge < -0.3 is 13.9 Å². The van der Waals surface area contributed by atoms with Gasteiger partial charge in [0.05, 0.1) is 0 Å². The van der Waals surface area contributed by atoms with Crippen LogP contribution >= 0.6 is 20.5 Å². The van der Waals surface area contributed by atoms with Gasteiger partial charge in [0, 0.05) is 24.5 Å². The normalized spacial score (nSPS) is 15.6. The van der Waals surface area contributed by atoms with Gasteiger partial charge in [0.25, 0.3) is 7.49 Å². The van der Waals surface area contributed by atoms with Crippen molar-refractivity contribution >= 4 is 60.0 Å². The molecule has 0 spiro atoms. The van der Waals surface area contributed by atoms with Gasteiger partial charge in [0.15, 0.2) is 0 Å². The summed E-state index contributed by atoms with van der Waals surface area (Å²) >= 11 is 10.8. The van der Waals surface area contributed by atoms with Crippen molar-refractivity contribution in [3.63, 3.8) is 0 Å². The van der Waals surface area contributed by atoms with E-state index in [-0.39, 0.29) is 5.16 Å². The van der Waals surface area contributed by atoms with E-state index in [0.29, 0.717) is 0 Å². The van der Waals surface area contributed by atoms with Gasteiger partial charge in [-0.2, -0.15) is 4.31 Å². The Morgan fingerprint density at radius 3 is 1.11 bits per heavy atom. The fourth-order valence-corrected chi connectivity index (χ4v) is 11.7. The van der Waals surface area contributed by atoms with E-state index in [1.165, 1.54) is 7.11 Å². The van der Waals surface area contributed by atoms with E-state index in [0.717, 1.165) is 15.9 Å². The zero-order valence-electron chi connectivity index (χ0n) is 23.0. The average molecular weight is 597 g/mol. The fourth-order valence-electron chi connectivity index (χ4n) is 3.37. The van der Waals surface area contributed by atoms with E-state index >= 15 is 0 Å². The molecule has 9 heteroatoms. The summed E-state index contributed by atoms with van der Waals surface area (Å²) in [6.07, 6.45) is 0. The minimum absolute atomic E-state index is 0.291. The molecule has 0 amide bonds. The monoisotopic (exact) mass is 596 g/mol. The molecule has 0 N–H and O–H groups in total. The van der Waals surface area contributed by atoms with Gasteiger partial charge in [-0.3, -0.25) is 0 Å². The quantitative estimate of drug-likeness (QED) is 0.281. The first-order chi connectivity index (χ1) is 17.1. The molecule has 0 bridgehead atoms. The minimum atomic E-state index is -2.77. The highest BCUT2D eigenvalue weighted by atomic mass is 32.5. The van der Waals surface area contributed by atoms with Gasteiger partial charge in [0.2, 0.25) is 6.49 Å². The summed E-state index contributed by atoms with van der Waals surface area (Å²) in [5.41, 5.74) is 0. The predicted octanol–water partition coefficient (Wildman–Crippen LogP) is 6.77. The van der Waals surface area contributed by atoms with Crippen LogP contribution in [0.15, 0.2) is 91.0 Å². The molecule has 0 heterocycles. The second-order valence-corrected chi connectivity index (χ2v) is 22.1. The molecule has 0 radical (unpaired) electrons. The minimum Gasteiger partial charge on any atom is -0.800 e. The number of hydrogen-bond donors (Lipinski definition) is 0. The third kappa shape index (κ3) is 7.67. The van der Waals surface area contributed by atoms with E-state index in [1.807, 2.05) is 39.0 Å². The lowest BCUT2D eigenvalue weighted by Crippen LogP contribution is -2.34. The molecule has 3 rings (SSSR count). The maximum atomic E-state index is 11.2. The van der Waals surface area contributed by atoms with Gasteiger partial charge >= 0.3 is 0 Å². The third-order valence-corrected chi connectivity index (χ3v) is 19.7. The van der Waals surface area contributed by atoms with Crippen molar-refractivity contribution in [3.05, 3.63) is 91.0 Å². The first-order valence-electron chi connectivity index (χ1n) is 11.9. The summed E-state index contributed by atoms with van der Waals surface area (Å²) in [7, 11) is 0.603. The summed E-state index contributed by atoms with van der Waals surface area (Å²) in [5.74, 6) is 0. The zero-order valence-corrected chi connectivity index (χ0v) is 27.3. The molecule has 3 aromatic rings. The number of hydrogen-bond acceptors (Lipinski definition) is 6. The Balaban J connectivity index is 0.000000458. The Hall–Kier alpha value is -0.770. The van der Waals surface area contributed by atoms with Crippen LogP contribution in [0.1, 0.15) is 41.5 Å².